The zero-order valence-electron chi connectivity index (χ0n) is 15.9. The van der Waals surface area contributed by atoms with Crippen molar-refractivity contribution in [1.29, 1.82) is 0 Å². The van der Waals surface area contributed by atoms with Crippen LogP contribution in [0.3, 0.4) is 0 Å². The summed E-state index contributed by atoms with van der Waals surface area (Å²) in [5.41, 5.74) is 6.51. The molecule has 0 radical (unpaired) electrons. The Morgan fingerprint density at radius 2 is 1.89 bits per heavy atom. The second kappa shape index (κ2) is 7.36. The van der Waals surface area contributed by atoms with Crippen LogP contribution in [-0.4, -0.2) is 15.3 Å². The van der Waals surface area contributed by atoms with E-state index in [1.165, 1.54) is 16.7 Å². The third kappa shape index (κ3) is 3.50. The summed E-state index contributed by atoms with van der Waals surface area (Å²) in [5, 5.41) is 0. The minimum Gasteiger partial charge on any atom is -0.322 e. The fourth-order valence-electron chi connectivity index (χ4n) is 3.71. The van der Waals surface area contributed by atoms with Gasteiger partial charge in [-0.15, -0.1) is 0 Å². The van der Waals surface area contributed by atoms with Crippen molar-refractivity contribution in [3.63, 3.8) is 0 Å². The molecule has 0 amide bonds. The van der Waals surface area contributed by atoms with Crippen molar-refractivity contribution >= 4 is 16.8 Å². The van der Waals surface area contributed by atoms with E-state index in [0.717, 1.165) is 29.4 Å². The lowest BCUT2D eigenvalue weighted by molar-refractivity contribution is 0.0970. The molecule has 0 N–H and O–H groups in total. The van der Waals surface area contributed by atoms with Crippen LogP contribution in [0.4, 0.5) is 0 Å². The van der Waals surface area contributed by atoms with Crippen LogP contribution < -0.4 is 0 Å². The predicted molar refractivity (Wildman–Crippen MR) is 110 cm³/mol. The molecule has 0 spiro atoms. The topological polar surface area (TPSA) is 34.9 Å². The first-order chi connectivity index (χ1) is 13.1. The first-order valence-corrected chi connectivity index (χ1v) is 9.52. The number of aromatic nitrogens is 2. The van der Waals surface area contributed by atoms with E-state index in [-0.39, 0.29) is 11.8 Å². The van der Waals surface area contributed by atoms with Gasteiger partial charge in [0, 0.05) is 12.0 Å². The average molecular weight is 356 g/mol. The smallest absolute Gasteiger partial charge is 0.165 e. The summed E-state index contributed by atoms with van der Waals surface area (Å²) < 4.78 is 2.17. The van der Waals surface area contributed by atoms with Crippen LogP contribution in [0, 0.1) is 13.8 Å². The van der Waals surface area contributed by atoms with Gasteiger partial charge in [0.25, 0.3) is 0 Å². The number of hydrogen-bond acceptors (Lipinski definition) is 2. The Kier molecular flexibility index (Phi) is 4.76. The standard InChI is InChI=1S/C24H24N2O/c1-17-13-21-23(14-18(17)2)26(16-25-21)22(19-9-5-3-6-10-19)15-24(27)20-11-7-4-8-12-20/h4-5,7-14,16,22H,3,6,15H2,1-2H3. The van der Waals surface area contributed by atoms with Crippen LogP contribution in [0.1, 0.15) is 46.8 Å². The Balaban J connectivity index is 1.77. The molecular weight excluding hydrogens is 332 g/mol. The number of hydrogen-bond donors (Lipinski definition) is 0. The number of aryl methyl sites for hydroxylation is 2. The molecule has 1 heterocycles. The number of benzene rings is 2. The number of allylic oxidation sites excluding steroid dienone is 4. The first kappa shape index (κ1) is 17.5. The van der Waals surface area contributed by atoms with Crippen molar-refractivity contribution in [3.8, 4) is 0 Å². The van der Waals surface area contributed by atoms with Crippen LogP contribution >= 0.6 is 0 Å². The molecule has 2 aromatic carbocycles. The maximum absolute atomic E-state index is 13.0. The number of fused-ring (bicyclic) bond motifs is 1. The summed E-state index contributed by atoms with van der Waals surface area (Å²) >= 11 is 0. The largest absolute Gasteiger partial charge is 0.322 e. The molecule has 1 atom stereocenters. The minimum atomic E-state index is -0.0404. The summed E-state index contributed by atoms with van der Waals surface area (Å²) in [7, 11) is 0. The molecule has 136 valence electrons. The molecule has 4 rings (SSSR count). The number of Topliss-reactive ketones (excluding diaryl/α,β-unsaturated/α-hetero) is 1. The van der Waals surface area contributed by atoms with E-state index in [2.05, 4.69) is 53.8 Å². The zero-order chi connectivity index (χ0) is 18.8. The van der Waals surface area contributed by atoms with Crippen molar-refractivity contribution in [2.45, 2.75) is 39.2 Å². The number of nitrogens with zero attached hydrogens (tertiary/aromatic N) is 2. The maximum atomic E-state index is 13.0. The molecule has 0 aliphatic heterocycles. The van der Waals surface area contributed by atoms with Crippen LogP contribution in [0.15, 0.2) is 72.6 Å². The van der Waals surface area contributed by atoms with Crippen LogP contribution in [0.5, 0.6) is 0 Å². The molecule has 0 saturated carbocycles. The second-order valence-electron chi connectivity index (χ2n) is 7.27. The van der Waals surface area contributed by atoms with Crippen molar-refractivity contribution < 1.29 is 4.79 Å². The van der Waals surface area contributed by atoms with Gasteiger partial charge in [0.2, 0.25) is 0 Å². The van der Waals surface area contributed by atoms with Crippen molar-refractivity contribution in [2.24, 2.45) is 0 Å². The van der Waals surface area contributed by atoms with Gasteiger partial charge in [-0.05, 0) is 55.5 Å². The molecule has 1 aliphatic carbocycles. The van der Waals surface area contributed by atoms with E-state index in [9.17, 15) is 4.79 Å². The lowest BCUT2D eigenvalue weighted by atomic mass is 9.93. The molecule has 3 aromatic rings. The normalized spacial score (nSPS) is 15.0. The summed E-state index contributed by atoms with van der Waals surface area (Å²) in [6.45, 7) is 4.23. The molecular formula is C24H24N2O. The van der Waals surface area contributed by atoms with Gasteiger partial charge in [-0.2, -0.15) is 0 Å². The molecule has 0 bridgehead atoms. The van der Waals surface area contributed by atoms with Gasteiger partial charge in [-0.1, -0.05) is 48.6 Å². The molecule has 27 heavy (non-hydrogen) atoms. The zero-order valence-corrected chi connectivity index (χ0v) is 15.9. The predicted octanol–water partition coefficient (Wildman–Crippen LogP) is 5.74. The summed E-state index contributed by atoms with van der Waals surface area (Å²) in [5.74, 6) is 0.158. The minimum absolute atomic E-state index is 0.0404. The first-order valence-electron chi connectivity index (χ1n) is 9.52. The summed E-state index contributed by atoms with van der Waals surface area (Å²) in [6.07, 6.45) is 11.0. The third-order valence-electron chi connectivity index (χ3n) is 5.41. The molecule has 1 unspecified atom stereocenters. The quantitative estimate of drug-likeness (QED) is 0.546. The van der Waals surface area contributed by atoms with E-state index in [1.54, 1.807) is 0 Å². The number of carbonyl (C=O) groups excluding carboxylic acids is 1. The number of carbonyl (C=O) groups is 1. The average Bonchev–Trinajstić information content (AvgIpc) is 3.10. The fraction of sp³-hybridized carbons (Fsp3) is 0.250. The van der Waals surface area contributed by atoms with Gasteiger partial charge in [-0.25, -0.2) is 4.98 Å². The summed E-state index contributed by atoms with van der Waals surface area (Å²) in [4.78, 5) is 17.6. The summed E-state index contributed by atoms with van der Waals surface area (Å²) in [6, 6.07) is 13.8. The Bertz CT molecular complexity index is 1040. The third-order valence-corrected chi connectivity index (χ3v) is 5.41. The Labute approximate surface area is 160 Å². The van der Waals surface area contributed by atoms with Crippen LogP contribution in [0.25, 0.3) is 11.0 Å². The van der Waals surface area contributed by atoms with E-state index in [4.69, 9.17) is 0 Å². The Hall–Kier alpha value is -2.94. The number of imidazole rings is 1. The lowest BCUT2D eigenvalue weighted by Gasteiger charge is -2.22. The highest BCUT2D eigenvalue weighted by Gasteiger charge is 2.22. The highest BCUT2D eigenvalue weighted by Crippen LogP contribution is 2.31. The van der Waals surface area contributed by atoms with Crippen molar-refractivity contribution in [1.82, 2.24) is 9.55 Å². The molecule has 3 heteroatoms. The SMILES string of the molecule is Cc1cc2ncn(C(CC(=O)c3ccccc3)C3=CCCC=C3)c2cc1C. The maximum Gasteiger partial charge on any atom is 0.165 e. The fourth-order valence-corrected chi connectivity index (χ4v) is 3.71. The molecule has 0 saturated heterocycles. The van der Waals surface area contributed by atoms with Gasteiger partial charge >= 0.3 is 0 Å². The van der Waals surface area contributed by atoms with Gasteiger partial charge in [0.1, 0.15) is 0 Å². The van der Waals surface area contributed by atoms with E-state index in [1.807, 2.05) is 36.7 Å². The van der Waals surface area contributed by atoms with E-state index >= 15 is 0 Å². The Morgan fingerprint density at radius 3 is 2.63 bits per heavy atom. The number of rotatable bonds is 5. The second-order valence-corrected chi connectivity index (χ2v) is 7.27. The van der Waals surface area contributed by atoms with E-state index < -0.39 is 0 Å². The monoisotopic (exact) mass is 356 g/mol. The highest BCUT2D eigenvalue weighted by molar-refractivity contribution is 5.96. The van der Waals surface area contributed by atoms with E-state index in [0.29, 0.717) is 6.42 Å². The Morgan fingerprint density at radius 1 is 1.11 bits per heavy atom. The lowest BCUT2D eigenvalue weighted by Crippen LogP contribution is -2.16. The van der Waals surface area contributed by atoms with Crippen molar-refractivity contribution in [3.05, 3.63) is 89.3 Å². The molecule has 3 nitrogen and oxygen atoms in total. The molecule has 1 aromatic heterocycles. The van der Waals surface area contributed by atoms with Gasteiger partial charge in [-0.3, -0.25) is 4.79 Å². The highest BCUT2D eigenvalue weighted by atomic mass is 16.1. The molecule has 0 fully saturated rings. The van der Waals surface area contributed by atoms with Crippen LogP contribution in [-0.2, 0) is 0 Å². The van der Waals surface area contributed by atoms with Gasteiger partial charge < -0.3 is 4.57 Å². The van der Waals surface area contributed by atoms with Gasteiger partial charge in [0.05, 0.1) is 23.4 Å². The van der Waals surface area contributed by atoms with Crippen LogP contribution in [0.2, 0.25) is 0 Å². The van der Waals surface area contributed by atoms with Crippen molar-refractivity contribution in [2.75, 3.05) is 0 Å². The number of ketones is 1. The molecule has 1 aliphatic rings. The van der Waals surface area contributed by atoms with Gasteiger partial charge in [0.15, 0.2) is 5.78 Å².